The standard InChI is InChI=1S/C28H40N4O5Si/c1-18(37-38(7,8)27(3,4)5)16-36-20-11-23(32-25(12-20)28(34-6)9-10-35-17-28)22-14-29-24-15-30-26(13-21(22)24)31-19(2)33/h11-15,18,29H,9-10,16-17H2,1-8H3,(H,30,31,33). The Kier molecular flexibility index (Phi) is 7.99. The molecule has 1 fully saturated rings. The Hall–Kier alpha value is -2.79. The van der Waals surface area contributed by atoms with E-state index in [-0.39, 0.29) is 17.0 Å². The third-order valence-electron chi connectivity index (χ3n) is 7.57. The molecule has 4 heterocycles. The second-order valence-corrected chi connectivity index (χ2v) is 16.3. The molecule has 2 unspecified atom stereocenters. The lowest BCUT2D eigenvalue weighted by Gasteiger charge is -2.38. The minimum atomic E-state index is -1.93. The van der Waals surface area contributed by atoms with Crippen LogP contribution in [0.25, 0.3) is 22.2 Å². The van der Waals surface area contributed by atoms with E-state index in [0.717, 1.165) is 27.9 Å². The highest BCUT2D eigenvalue weighted by Crippen LogP contribution is 2.39. The number of aromatic amines is 1. The summed E-state index contributed by atoms with van der Waals surface area (Å²) in [6.45, 7) is 16.1. The quantitative estimate of drug-likeness (QED) is 0.339. The molecule has 2 atom stereocenters. The number of rotatable bonds is 9. The van der Waals surface area contributed by atoms with Crippen molar-refractivity contribution in [1.29, 1.82) is 0 Å². The highest BCUT2D eigenvalue weighted by Gasteiger charge is 2.40. The summed E-state index contributed by atoms with van der Waals surface area (Å²) in [7, 11) is -0.237. The maximum atomic E-state index is 11.6. The number of carbonyl (C=O) groups is 1. The van der Waals surface area contributed by atoms with Crippen LogP contribution in [0.1, 0.15) is 46.7 Å². The van der Waals surface area contributed by atoms with Crippen molar-refractivity contribution in [3.8, 4) is 17.0 Å². The van der Waals surface area contributed by atoms with Gasteiger partial charge < -0.3 is 28.9 Å². The third-order valence-corrected chi connectivity index (χ3v) is 12.2. The second-order valence-electron chi connectivity index (χ2n) is 11.6. The Morgan fingerprint density at radius 1 is 1.29 bits per heavy atom. The monoisotopic (exact) mass is 540 g/mol. The molecule has 1 amide bonds. The minimum Gasteiger partial charge on any atom is -0.491 e. The van der Waals surface area contributed by atoms with Crippen molar-refractivity contribution in [2.75, 3.05) is 32.2 Å². The lowest BCUT2D eigenvalue weighted by Crippen LogP contribution is -2.44. The van der Waals surface area contributed by atoms with Gasteiger partial charge in [-0.25, -0.2) is 9.97 Å². The summed E-state index contributed by atoms with van der Waals surface area (Å²) >= 11 is 0. The summed E-state index contributed by atoms with van der Waals surface area (Å²) < 4.78 is 24.5. The first-order valence-electron chi connectivity index (χ1n) is 13.0. The zero-order valence-corrected chi connectivity index (χ0v) is 24.7. The van der Waals surface area contributed by atoms with Crippen molar-refractivity contribution in [3.63, 3.8) is 0 Å². The van der Waals surface area contributed by atoms with Crippen LogP contribution in [0.2, 0.25) is 18.1 Å². The maximum absolute atomic E-state index is 11.6. The molecule has 38 heavy (non-hydrogen) atoms. The molecule has 1 aliphatic heterocycles. The normalized spacial score (nSPS) is 19.1. The van der Waals surface area contributed by atoms with Gasteiger partial charge in [0.15, 0.2) is 8.32 Å². The molecule has 0 radical (unpaired) electrons. The second kappa shape index (κ2) is 10.8. The van der Waals surface area contributed by atoms with Crippen LogP contribution in [0, 0.1) is 0 Å². The molecule has 10 heteroatoms. The van der Waals surface area contributed by atoms with E-state index in [4.69, 9.17) is 23.6 Å². The van der Waals surface area contributed by atoms with E-state index < -0.39 is 13.9 Å². The Bertz CT molecular complexity index is 1290. The van der Waals surface area contributed by atoms with E-state index in [1.54, 1.807) is 13.3 Å². The molecule has 4 rings (SSSR count). The van der Waals surface area contributed by atoms with Gasteiger partial charge in [0.1, 0.15) is 23.8 Å². The van der Waals surface area contributed by atoms with Crippen molar-refractivity contribution in [2.45, 2.75) is 70.9 Å². The summed E-state index contributed by atoms with van der Waals surface area (Å²) in [5.74, 6) is 0.985. The molecule has 0 aliphatic carbocycles. The minimum absolute atomic E-state index is 0.0680. The molecule has 1 aliphatic rings. The molecule has 1 saturated heterocycles. The van der Waals surface area contributed by atoms with E-state index in [1.165, 1.54) is 6.92 Å². The SMILES string of the molecule is COC1(c2cc(OCC(C)O[Si](C)(C)C(C)(C)C)cc(-c3c[nH]c4cnc(NC(C)=O)cc34)n2)CCOC1. The van der Waals surface area contributed by atoms with E-state index >= 15 is 0 Å². The van der Waals surface area contributed by atoms with Crippen LogP contribution in [-0.2, 0) is 24.3 Å². The fourth-order valence-corrected chi connectivity index (χ4v) is 5.81. The highest BCUT2D eigenvalue weighted by molar-refractivity contribution is 6.74. The number of hydrogen-bond donors (Lipinski definition) is 2. The fraction of sp³-hybridized carbons (Fsp3) is 0.536. The Balaban J connectivity index is 1.70. The highest BCUT2D eigenvalue weighted by atomic mass is 28.4. The number of fused-ring (bicyclic) bond motifs is 1. The summed E-state index contributed by atoms with van der Waals surface area (Å²) in [5.41, 5.74) is 2.55. The van der Waals surface area contributed by atoms with Crippen molar-refractivity contribution in [2.24, 2.45) is 0 Å². The zero-order valence-electron chi connectivity index (χ0n) is 23.7. The van der Waals surface area contributed by atoms with Gasteiger partial charge in [-0.3, -0.25) is 4.79 Å². The largest absolute Gasteiger partial charge is 0.491 e. The lowest BCUT2D eigenvalue weighted by atomic mass is 9.96. The fourth-order valence-electron chi connectivity index (χ4n) is 4.38. The number of ether oxygens (including phenoxy) is 3. The third kappa shape index (κ3) is 5.93. The van der Waals surface area contributed by atoms with Gasteiger partial charge in [0.2, 0.25) is 5.91 Å². The molecule has 3 aromatic rings. The summed E-state index contributed by atoms with van der Waals surface area (Å²) in [6.07, 6.45) is 4.23. The summed E-state index contributed by atoms with van der Waals surface area (Å²) in [4.78, 5) is 24.2. The van der Waals surface area contributed by atoms with Crippen LogP contribution in [-0.4, -0.2) is 62.2 Å². The predicted molar refractivity (Wildman–Crippen MR) is 151 cm³/mol. The number of amides is 1. The van der Waals surface area contributed by atoms with Gasteiger partial charge in [-0.1, -0.05) is 20.8 Å². The van der Waals surface area contributed by atoms with Gasteiger partial charge in [-0.2, -0.15) is 0 Å². The Labute approximate surface area is 225 Å². The molecule has 2 N–H and O–H groups in total. The lowest BCUT2D eigenvalue weighted by molar-refractivity contribution is -0.114. The Morgan fingerprint density at radius 3 is 2.68 bits per heavy atom. The van der Waals surface area contributed by atoms with Gasteiger partial charge in [-0.15, -0.1) is 0 Å². The predicted octanol–water partition coefficient (Wildman–Crippen LogP) is 5.63. The number of methoxy groups -OCH3 is 1. The topological polar surface area (TPSA) is 108 Å². The number of anilines is 1. The van der Waals surface area contributed by atoms with Crippen LogP contribution in [0.15, 0.2) is 30.6 Å². The molecule has 3 aromatic heterocycles. The van der Waals surface area contributed by atoms with Crippen molar-refractivity contribution in [1.82, 2.24) is 15.0 Å². The number of nitrogens with zero attached hydrogens (tertiary/aromatic N) is 2. The number of H-pyrrole nitrogens is 1. The molecular weight excluding hydrogens is 500 g/mol. The first-order chi connectivity index (χ1) is 17.8. The van der Waals surface area contributed by atoms with Gasteiger partial charge in [0.05, 0.1) is 35.8 Å². The molecule has 0 bridgehead atoms. The van der Waals surface area contributed by atoms with E-state index in [0.29, 0.717) is 37.8 Å². The van der Waals surface area contributed by atoms with Crippen LogP contribution in [0.5, 0.6) is 5.75 Å². The molecule has 0 saturated carbocycles. The van der Waals surface area contributed by atoms with E-state index in [9.17, 15) is 4.79 Å². The van der Waals surface area contributed by atoms with Crippen LogP contribution in [0.3, 0.4) is 0 Å². The number of carbonyl (C=O) groups excluding carboxylic acids is 1. The number of aromatic nitrogens is 3. The first kappa shape index (κ1) is 28.2. The van der Waals surface area contributed by atoms with E-state index in [1.807, 2.05) is 24.4 Å². The molecule has 0 aromatic carbocycles. The summed E-state index contributed by atoms with van der Waals surface area (Å²) in [6, 6.07) is 5.72. The smallest absolute Gasteiger partial charge is 0.222 e. The number of pyridine rings is 2. The molecule has 9 nitrogen and oxygen atoms in total. The van der Waals surface area contributed by atoms with Gasteiger partial charge in [0, 0.05) is 56.3 Å². The van der Waals surface area contributed by atoms with E-state index in [2.05, 4.69) is 56.1 Å². The van der Waals surface area contributed by atoms with Crippen LogP contribution >= 0.6 is 0 Å². The molecular formula is C28H40N4O5Si. The first-order valence-corrected chi connectivity index (χ1v) is 16.0. The van der Waals surface area contributed by atoms with Gasteiger partial charge in [-0.05, 0) is 31.1 Å². The van der Waals surface area contributed by atoms with Crippen molar-refractivity contribution in [3.05, 3.63) is 36.3 Å². The van der Waals surface area contributed by atoms with Crippen LogP contribution in [0.4, 0.5) is 5.82 Å². The maximum Gasteiger partial charge on any atom is 0.222 e. The number of nitrogens with one attached hydrogen (secondary N) is 2. The zero-order chi connectivity index (χ0) is 27.7. The van der Waals surface area contributed by atoms with Crippen molar-refractivity contribution >= 4 is 30.9 Å². The van der Waals surface area contributed by atoms with Gasteiger partial charge >= 0.3 is 0 Å². The number of hydrogen-bond acceptors (Lipinski definition) is 7. The average Bonchev–Trinajstić information content (AvgIpc) is 3.49. The van der Waals surface area contributed by atoms with Crippen molar-refractivity contribution < 1.29 is 23.4 Å². The summed E-state index contributed by atoms with van der Waals surface area (Å²) in [5, 5.41) is 3.76. The molecule has 0 spiro atoms. The van der Waals surface area contributed by atoms with Crippen LogP contribution < -0.4 is 10.1 Å². The Morgan fingerprint density at radius 2 is 2.05 bits per heavy atom. The average molecular weight is 541 g/mol. The molecule has 206 valence electrons. The van der Waals surface area contributed by atoms with Gasteiger partial charge in [0.25, 0.3) is 0 Å².